The summed E-state index contributed by atoms with van der Waals surface area (Å²) < 4.78 is 5.06. The number of carbonyl (C=O) groups is 2. The number of hydrogen-bond acceptors (Lipinski definition) is 4. The van der Waals surface area contributed by atoms with E-state index in [1.54, 1.807) is 60.7 Å². The standard InChI is InChI=1S/C21H15Cl2N3O3S/c22-14-8-6-13(17(23)11-14)7-9-19(27)26-21(30)25-16-4-1-3-15(12-16)24-20(28)18-5-2-10-29-18/h1-12H,(H,24,28)(H2,25,26,27,30). The molecule has 0 unspecified atom stereocenters. The summed E-state index contributed by atoms with van der Waals surface area (Å²) in [6.07, 6.45) is 4.29. The zero-order chi connectivity index (χ0) is 21.5. The second-order valence-corrected chi connectivity index (χ2v) is 7.21. The molecule has 0 atom stereocenters. The summed E-state index contributed by atoms with van der Waals surface area (Å²) in [6.45, 7) is 0. The van der Waals surface area contributed by atoms with Crippen LogP contribution >= 0.6 is 35.4 Å². The van der Waals surface area contributed by atoms with Gasteiger partial charge in [0.15, 0.2) is 10.9 Å². The number of rotatable bonds is 5. The van der Waals surface area contributed by atoms with Crippen molar-refractivity contribution in [1.29, 1.82) is 0 Å². The summed E-state index contributed by atoms with van der Waals surface area (Å²) in [4.78, 5) is 24.1. The second-order valence-electron chi connectivity index (χ2n) is 5.95. The first-order valence-electron chi connectivity index (χ1n) is 8.61. The number of benzene rings is 2. The fourth-order valence-corrected chi connectivity index (χ4v) is 3.08. The van der Waals surface area contributed by atoms with Gasteiger partial charge in [-0.25, -0.2) is 0 Å². The van der Waals surface area contributed by atoms with Crippen molar-refractivity contribution in [3.8, 4) is 0 Å². The number of thiocarbonyl (C=S) groups is 1. The van der Waals surface area contributed by atoms with Crippen LogP contribution in [0.15, 0.2) is 71.4 Å². The quantitative estimate of drug-likeness (QED) is 0.353. The Morgan fingerprint density at radius 3 is 2.43 bits per heavy atom. The molecule has 3 aromatic rings. The highest BCUT2D eigenvalue weighted by Crippen LogP contribution is 2.22. The van der Waals surface area contributed by atoms with Gasteiger partial charge >= 0.3 is 0 Å². The number of halogens is 2. The fourth-order valence-electron chi connectivity index (χ4n) is 2.39. The lowest BCUT2D eigenvalue weighted by molar-refractivity contribution is -0.115. The van der Waals surface area contributed by atoms with Crippen molar-refractivity contribution in [1.82, 2.24) is 5.32 Å². The summed E-state index contributed by atoms with van der Waals surface area (Å²) in [6, 6.07) is 15.0. The van der Waals surface area contributed by atoms with Gasteiger partial charge in [-0.3, -0.25) is 14.9 Å². The number of anilines is 2. The summed E-state index contributed by atoms with van der Waals surface area (Å²) in [7, 11) is 0. The average molecular weight is 460 g/mol. The lowest BCUT2D eigenvalue weighted by Gasteiger charge is -2.10. The molecule has 6 nitrogen and oxygen atoms in total. The molecule has 2 aromatic carbocycles. The van der Waals surface area contributed by atoms with Gasteiger partial charge in [-0.2, -0.15) is 0 Å². The Morgan fingerprint density at radius 2 is 1.73 bits per heavy atom. The maximum Gasteiger partial charge on any atom is 0.291 e. The van der Waals surface area contributed by atoms with Crippen LogP contribution in [0.25, 0.3) is 6.08 Å². The van der Waals surface area contributed by atoms with Gasteiger partial charge in [-0.15, -0.1) is 0 Å². The van der Waals surface area contributed by atoms with Crippen LogP contribution in [0.1, 0.15) is 16.1 Å². The van der Waals surface area contributed by atoms with Crippen molar-refractivity contribution in [3.63, 3.8) is 0 Å². The zero-order valence-corrected chi connectivity index (χ0v) is 17.6. The van der Waals surface area contributed by atoms with E-state index >= 15 is 0 Å². The van der Waals surface area contributed by atoms with Gasteiger partial charge in [0.2, 0.25) is 5.91 Å². The summed E-state index contributed by atoms with van der Waals surface area (Å²) >= 11 is 17.1. The Labute approximate surface area is 187 Å². The minimum absolute atomic E-state index is 0.0985. The molecule has 3 rings (SSSR count). The summed E-state index contributed by atoms with van der Waals surface area (Å²) in [5, 5.41) is 9.17. The van der Waals surface area contributed by atoms with Crippen LogP contribution in [0.5, 0.6) is 0 Å². The highest BCUT2D eigenvalue weighted by molar-refractivity contribution is 7.80. The second kappa shape index (κ2) is 10.1. The molecule has 0 spiro atoms. The first-order chi connectivity index (χ1) is 14.4. The van der Waals surface area contributed by atoms with Crippen LogP contribution in [-0.2, 0) is 4.79 Å². The van der Waals surface area contributed by atoms with Gasteiger partial charge in [0, 0.05) is 27.5 Å². The van der Waals surface area contributed by atoms with Crippen LogP contribution in [0.3, 0.4) is 0 Å². The molecule has 1 heterocycles. The molecule has 2 amide bonds. The molecule has 0 fully saturated rings. The van der Waals surface area contributed by atoms with E-state index in [1.165, 1.54) is 12.3 Å². The van der Waals surface area contributed by atoms with E-state index < -0.39 is 5.91 Å². The van der Waals surface area contributed by atoms with Gasteiger partial charge in [0.05, 0.1) is 6.26 Å². The molecule has 3 N–H and O–H groups in total. The maximum atomic E-state index is 12.1. The third kappa shape index (κ3) is 6.18. The predicted octanol–water partition coefficient (Wildman–Crippen LogP) is 5.37. The monoisotopic (exact) mass is 459 g/mol. The molecule has 0 saturated carbocycles. The van der Waals surface area contributed by atoms with Crippen molar-refractivity contribution < 1.29 is 14.0 Å². The number of furan rings is 1. The molecule has 0 aliphatic carbocycles. The number of hydrogen-bond donors (Lipinski definition) is 3. The number of amides is 2. The van der Waals surface area contributed by atoms with Gasteiger partial charge in [0.25, 0.3) is 5.91 Å². The minimum Gasteiger partial charge on any atom is -0.459 e. The molecule has 0 bridgehead atoms. The van der Waals surface area contributed by atoms with Gasteiger partial charge in [-0.1, -0.05) is 35.3 Å². The minimum atomic E-state index is -0.430. The molecule has 152 valence electrons. The Hall–Kier alpha value is -3.13. The molecule has 9 heteroatoms. The number of carbonyl (C=O) groups excluding carboxylic acids is 2. The Balaban J connectivity index is 1.56. The van der Waals surface area contributed by atoms with E-state index in [2.05, 4.69) is 16.0 Å². The molecule has 0 saturated heterocycles. The molecule has 0 radical (unpaired) electrons. The smallest absolute Gasteiger partial charge is 0.291 e. The van der Waals surface area contributed by atoms with E-state index in [0.717, 1.165) is 0 Å². The first-order valence-corrected chi connectivity index (χ1v) is 9.77. The summed E-state index contributed by atoms with van der Waals surface area (Å²) in [5.74, 6) is -0.608. The lowest BCUT2D eigenvalue weighted by Crippen LogP contribution is -2.32. The molecular formula is C21H15Cl2N3O3S. The van der Waals surface area contributed by atoms with Crippen molar-refractivity contribution >= 4 is 69.8 Å². The van der Waals surface area contributed by atoms with Crippen molar-refractivity contribution in [3.05, 3.63) is 88.3 Å². The highest BCUT2D eigenvalue weighted by atomic mass is 35.5. The van der Waals surface area contributed by atoms with Crippen LogP contribution in [0.4, 0.5) is 11.4 Å². The maximum absolute atomic E-state index is 12.1. The summed E-state index contributed by atoms with van der Waals surface area (Å²) in [5.41, 5.74) is 1.77. The van der Waals surface area contributed by atoms with E-state index in [1.807, 2.05) is 0 Å². The van der Waals surface area contributed by atoms with Crippen LogP contribution in [0.2, 0.25) is 10.0 Å². The first kappa shape index (κ1) is 21.6. The number of nitrogens with one attached hydrogen (secondary N) is 3. The Bertz CT molecular complexity index is 1110. The third-order valence-electron chi connectivity index (χ3n) is 3.74. The van der Waals surface area contributed by atoms with Crippen molar-refractivity contribution in [2.75, 3.05) is 10.6 Å². The molecule has 1 aromatic heterocycles. The van der Waals surface area contributed by atoms with Crippen LogP contribution < -0.4 is 16.0 Å². The largest absolute Gasteiger partial charge is 0.459 e. The molecule has 30 heavy (non-hydrogen) atoms. The van der Waals surface area contributed by atoms with Crippen molar-refractivity contribution in [2.24, 2.45) is 0 Å². The lowest BCUT2D eigenvalue weighted by atomic mass is 10.2. The Morgan fingerprint density at radius 1 is 0.967 bits per heavy atom. The van der Waals surface area contributed by atoms with Crippen LogP contribution in [-0.4, -0.2) is 16.9 Å². The van der Waals surface area contributed by atoms with Crippen LogP contribution in [0, 0.1) is 0 Å². The zero-order valence-electron chi connectivity index (χ0n) is 15.3. The van der Waals surface area contributed by atoms with Crippen molar-refractivity contribution in [2.45, 2.75) is 0 Å². The van der Waals surface area contributed by atoms with E-state index in [-0.39, 0.29) is 16.8 Å². The molecular weight excluding hydrogens is 445 g/mol. The Kier molecular flexibility index (Phi) is 7.24. The SMILES string of the molecule is O=C(C=Cc1ccc(Cl)cc1Cl)NC(=S)Nc1cccc(NC(=O)c2ccco2)c1. The highest BCUT2D eigenvalue weighted by Gasteiger charge is 2.09. The van der Waals surface area contributed by atoms with Gasteiger partial charge in [0.1, 0.15) is 0 Å². The predicted molar refractivity (Wildman–Crippen MR) is 123 cm³/mol. The molecule has 0 aliphatic heterocycles. The van der Waals surface area contributed by atoms with Gasteiger partial charge in [-0.05, 0) is 66.3 Å². The average Bonchev–Trinajstić information content (AvgIpc) is 3.22. The fraction of sp³-hybridized carbons (Fsp3) is 0. The third-order valence-corrected chi connectivity index (χ3v) is 4.50. The van der Waals surface area contributed by atoms with Gasteiger partial charge < -0.3 is 15.1 Å². The van der Waals surface area contributed by atoms with E-state index in [4.69, 9.17) is 39.8 Å². The van der Waals surface area contributed by atoms with E-state index in [9.17, 15) is 9.59 Å². The normalized spacial score (nSPS) is 10.6. The molecule has 0 aliphatic rings. The van der Waals surface area contributed by atoms with E-state index in [0.29, 0.717) is 27.0 Å². The topological polar surface area (TPSA) is 83.4 Å².